The minimum Gasteiger partial charge on any atom is -0.342 e. The van der Waals surface area contributed by atoms with E-state index in [-0.39, 0.29) is 6.04 Å². The molecule has 1 aromatic rings. The number of anilines is 1. The zero-order valence-corrected chi connectivity index (χ0v) is 10.3. The van der Waals surface area contributed by atoms with Crippen LogP contribution in [0, 0.1) is 0 Å². The fourth-order valence-electron chi connectivity index (χ4n) is 1.04. The van der Waals surface area contributed by atoms with Gasteiger partial charge in [0.2, 0.25) is 5.89 Å². The van der Waals surface area contributed by atoms with Crippen LogP contribution in [0.3, 0.4) is 0 Å². The van der Waals surface area contributed by atoms with E-state index in [9.17, 15) is 0 Å². The molecule has 0 fully saturated rings. The summed E-state index contributed by atoms with van der Waals surface area (Å²) in [5.74, 6) is 2.13. The number of aromatic nitrogens is 2. The monoisotopic (exact) mass is 230 g/mol. The first-order valence-corrected chi connectivity index (χ1v) is 6.37. The Morgan fingerprint density at radius 2 is 2.33 bits per heavy atom. The maximum absolute atomic E-state index is 5.91. The standard InChI is InChI=1S/C9H18N4OS/c1-4-13(2)9-11-8(14-12-9)7(10)5-6-15-3/h7H,4-6,10H2,1-3H3/t7-/m1/s1. The van der Waals surface area contributed by atoms with Gasteiger partial charge >= 0.3 is 0 Å². The van der Waals surface area contributed by atoms with Crippen LogP contribution in [0.4, 0.5) is 5.95 Å². The smallest absolute Gasteiger partial charge is 0.265 e. The molecule has 0 saturated heterocycles. The first-order valence-electron chi connectivity index (χ1n) is 4.98. The molecule has 86 valence electrons. The summed E-state index contributed by atoms with van der Waals surface area (Å²) >= 11 is 1.76. The average Bonchev–Trinajstić information content (AvgIpc) is 2.74. The van der Waals surface area contributed by atoms with Crippen molar-refractivity contribution in [1.82, 2.24) is 10.1 Å². The molecule has 1 atom stereocenters. The Hall–Kier alpha value is -0.750. The molecule has 0 amide bonds. The summed E-state index contributed by atoms with van der Waals surface area (Å²) < 4.78 is 5.11. The van der Waals surface area contributed by atoms with Gasteiger partial charge in [-0.3, -0.25) is 0 Å². The van der Waals surface area contributed by atoms with Crippen LogP contribution in [0.5, 0.6) is 0 Å². The zero-order chi connectivity index (χ0) is 11.3. The normalized spacial score (nSPS) is 12.8. The van der Waals surface area contributed by atoms with E-state index in [4.69, 9.17) is 10.3 Å². The molecule has 6 heteroatoms. The molecular weight excluding hydrogens is 212 g/mol. The summed E-state index contributed by atoms with van der Waals surface area (Å²) in [4.78, 5) is 6.16. The molecule has 1 rings (SSSR count). The third-order valence-electron chi connectivity index (χ3n) is 2.20. The predicted octanol–water partition coefficient (Wildman–Crippen LogP) is 1.28. The van der Waals surface area contributed by atoms with Gasteiger partial charge in [0.1, 0.15) is 0 Å². The highest BCUT2D eigenvalue weighted by Gasteiger charge is 2.15. The molecule has 0 aliphatic heterocycles. The first kappa shape index (κ1) is 12.3. The highest BCUT2D eigenvalue weighted by Crippen LogP contribution is 2.16. The van der Waals surface area contributed by atoms with Crippen molar-refractivity contribution in [3.8, 4) is 0 Å². The molecule has 0 bridgehead atoms. The topological polar surface area (TPSA) is 68.2 Å². The average molecular weight is 230 g/mol. The Kier molecular flexibility index (Phi) is 4.90. The number of hydrogen-bond acceptors (Lipinski definition) is 6. The molecule has 0 aliphatic carbocycles. The lowest BCUT2D eigenvalue weighted by Crippen LogP contribution is -2.17. The molecule has 0 saturated carbocycles. The van der Waals surface area contributed by atoms with Crippen LogP contribution in [-0.2, 0) is 0 Å². The largest absolute Gasteiger partial charge is 0.342 e. The Morgan fingerprint density at radius 1 is 1.60 bits per heavy atom. The van der Waals surface area contributed by atoms with Gasteiger partial charge in [0.25, 0.3) is 5.95 Å². The second kappa shape index (κ2) is 5.97. The summed E-state index contributed by atoms with van der Waals surface area (Å²) in [5.41, 5.74) is 5.91. The van der Waals surface area contributed by atoms with E-state index in [1.807, 2.05) is 18.9 Å². The van der Waals surface area contributed by atoms with Crippen molar-refractivity contribution < 1.29 is 4.52 Å². The van der Waals surface area contributed by atoms with Gasteiger partial charge in [-0.2, -0.15) is 16.7 Å². The van der Waals surface area contributed by atoms with Gasteiger partial charge < -0.3 is 15.2 Å². The van der Waals surface area contributed by atoms with E-state index in [1.165, 1.54) is 0 Å². The van der Waals surface area contributed by atoms with Crippen LogP contribution in [0.2, 0.25) is 0 Å². The quantitative estimate of drug-likeness (QED) is 0.794. The summed E-state index contributed by atoms with van der Waals surface area (Å²) in [7, 11) is 1.92. The van der Waals surface area contributed by atoms with E-state index in [0.29, 0.717) is 11.8 Å². The van der Waals surface area contributed by atoms with E-state index < -0.39 is 0 Å². The van der Waals surface area contributed by atoms with Crippen LogP contribution < -0.4 is 10.6 Å². The van der Waals surface area contributed by atoms with Crippen LogP contribution >= 0.6 is 11.8 Å². The lowest BCUT2D eigenvalue weighted by Gasteiger charge is -2.09. The third-order valence-corrected chi connectivity index (χ3v) is 2.84. The van der Waals surface area contributed by atoms with E-state index in [2.05, 4.69) is 16.4 Å². The Bertz CT molecular complexity index is 291. The molecular formula is C9H18N4OS. The Balaban J connectivity index is 2.58. The van der Waals surface area contributed by atoms with Gasteiger partial charge in [-0.1, -0.05) is 0 Å². The summed E-state index contributed by atoms with van der Waals surface area (Å²) in [6.07, 6.45) is 2.91. The van der Waals surface area contributed by atoms with E-state index >= 15 is 0 Å². The van der Waals surface area contributed by atoms with Gasteiger partial charge in [-0.15, -0.1) is 0 Å². The predicted molar refractivity (Wildman–Crippen MR) is 63.2 cm³/mol. The fourth-order valence-corrected chi connectivity index (χ4v) is 1.53. The number of thioether (sulfide) groups is 1. The van der Waals surface area contributed by atoms with Crippen molar-refractivity contribution in [3.05, 3.63) is 5.89 Å². The van der Waals surface area contributed by atoms with Crippen molar-refractivity contribution in [1.29, 1.82) is 0 Å². The summed E-state index contributed by atoms with van der Waals surface area (Å²) in [6.45, 7) is 2.88. The van der Waals surface area contributed by atoms with E-state index in [1.54, 1.807) is 11.8 Å². The lowest BCUT2D eigenvalue weighted by molar-refractivity contribution is 0.352. The second-order valence-corrected chi connectivity index (χ2v) is 4.32. The number of rotatable bonds is 6. The van der Waals surface area contributed by atoms with Crippen LogP contribution in [-0.4, -0.2) is 35.7 Å². The van der Waals surface area contributed by atoms with Crippen molar-refractivity contribution in [2.24, 2.45) is 5.73 Å². The third kappa shape index (κ3) is 3.39. The molecule has 0 radical (unpaired) electrons. The van der Waals surface area contributed by atoms with E-state index in [0.717, 1.165) is 18.7 Å². The van der Waals surface area contributed by atoms with Crippen LogP contribution in [0.25, 0.3) is 0 Å². The molecule has 5 nitrogen and oxygen atoms in total. The summed E-state index contributed by atoms with van der Waals surface area (Å²) in [5, 5.41) is 3.87. The minimum atomic E-state index is -0.149. The van der Waals surface area contributed by atoms with Crippen molar-refractivity contribution in [2.45, 2.75) is 19.4 Å². The Morgan fingerprint density at radius 3 is 2.93 bits per heavy atom. The molecule has 0 unspecified atom stereocenters. The van der Waals surface area contributed by atoms with Crippen LogP contribution in [0.1, 0.15) is 25.3 Å². The van der Waals surface area contributed by atoms with Crippen LogP contribution in [0.15, 0.2) is 4.52 Å². The van der Waals surface area contributed by atoms with Crippen molar-refractivity contribution >= 4 is 17.7 Å². The number of nitrogens with two attached hydrogens (primary N) is 1. The molecule has 1 heterocycles. The van der Waals surface area contributed by atoms with Gasteiger partial charge in [0, 0.05) is 13.6 Å². The van der Waals surface area contributed by atoms with Gasteiger partial charge in [-0.25, -0.2) is 0 Å². The summed E-state index contributed by atoms with van der Waals surface area (Å²) in [6, 6.07) is -0.149. The zero-order valence-electron chi connectivity index (χ0n) is 9.43. The Labute approximate surface area is 94.4 Å². The molecule has 0 aromatic carbocycles. The first-order chi connectivity index (χ1) is 7.19. The maximum atomic E-state index is 5.91. The fraction of sp³-hybridized carbons (Fsp3) is 0.778. The molecule has 1 aromatic heterocycles. The highest BCUT2D eigenvalue weighted by atomic mass is 32.2. The maximum Gasteiger partial charge on any atom is 0.265 e. The highest BCUT2D eigenvalue weighted by molar-refractivity contribution is 7.98. The number of hydrogen-bond donors (Lipinski definition) is 1. The van der Waals surface area contributed by atoms with Gasteiger partial charge in [0.15, 0.2) is 0 Å². The SMILES string of the molecule is CCN(C)c1noc([C@H](N)CCSC)n1. The lowest BCUT2D eigenvalue weighted by atomic mass is 10.2. The number of nitrogens with zero attached hydrogens (tertiary/aromatic N) is 3. The van der Waals surface area contributed by atoms with Gasteiger partial charge in [-0.05, 0) is 30.5 Å². The van der Waals surface area contributed by atoms with Crippen molar-refractivity contribution in [2.75, 3.05) is 30.5 Å². The minimum absolute atomic E-state index is 0.149. The molecule has 0 spiro atoms. The van der Waals surface area contributed by atoms with Gasteiger partial charge in [0.05, 0.1) is 6.04 Å². The molecule has 2 N–H and O–H groups in total. The van der Waals surface area contributed by atoms with Crippen molar-refractivity contribution in [3.63, 3.8) is 0 Å². The molecule has 15 heavy (non-hydrogen) atoms. The second-order valence-electron chi connectivity index (χ2n) is 3.33. The molecule has 0 aliphatic rings.